The quantitative estimate of drug-likeness (QED) is 0.613. The Bertz CT molecular complexity index is 1040. The molecule has 0 aliphatic rings. The number of halogens is 4. The molecule has 9 heteroatoms. The number of para-hydroxylation sites is 1. The van der Waals surface area contributed by atoms with Crippen LogP contribution >= 0.6 is 0 Å². The summed E-state index contributed by atoms with van der Waals surface area (Å²) in [5.41, 5.74) is -0.630. The van der Waals surface area contributed by atoms with Crippen LogP contribution in [0, 0.1) is 5.82 Å². The molecule has 0 spiro atoms. The molecule has 2 aromatic carbocycles. The van der Waals surface area contributed by atoms with Crippen LogP contribution in [0.1, 0.15) is 27.2 Å². The highest BCUT2D eigenvalue weighted by Crippen LogP contribution is 2.34. The van der Waals surface area contributed by atoms with Gasteiger partial charge < -0.3 is 10.2 Å². The summed E-state index contributed by atoms with van der Waals surface area (Å²) < 4.78 is 55.5. The molecule has 0 saturated heterocycles. The first-order valence-corrected chi connectivity index (χ1v) is 9.07. The molecular formula is C21H20F4N4O. The van der Waals surface area contributed by atoms with Gasteiger partial charge in [-0.25, -0.2) is 9.07 Å². The van der Waals surface area contributed by atoms with E-state index in [0.29, 0.717) is 11.2 Å². The molecule has 0 saturated carbocycles. The van der Waals surface area contributed by atoms with E-state index in [1.807, 2.05) is 37.2 Å². The molecule has 30 heavy (non-hydrogen) atoms. The van der Waals surface area contributed by atoms with Crippen molar-refractivity contribution in [3.63, 3.8) is 0 Å². The molecule has 0 atom stereocenters. The molecule has 158 valence electrons. The van der Waals surface area contributed by atoms with Crippen molar-refractivity contribution in [1.29, 1.82) is 0 Å². The van der Waals surface area contributed by atoms with Crippen molar-refractivity contribution in [1.82, 2.24) is 20.0 Å². The van der Waals surface area contributed by atoms with Crippen molar-refractivity contribution in [2.45, 2.75) is 19.3 Å². The van der Waals surface area contributed by atoms with Crippen LogP contribution in [0.25, 0.3) is 5.69 Å². The summed E-state index contributed by atoms with van der Waals surface area (Å²) in [5, 5.41) is 6.11. The number of aromatic nitrogens is 2. The lowest BCUT2D eigenvalue weighted by atomic mass is 10.1. The van der Waals surface area contributed by atoms with Crippen LogP contribution in [0.15, 0.2) is 54.7 Å². The Hall–Kier alpha value is -3.20. The smallest absolute Gasteiger partial charge is 0.348 e. The molecule has 0 radical (unpaired) electrons. The number of hydrogen-bond acceptors (Lipinski definition) is 3. The summed E-state index contributed by atoms with van der Waals surface area (Å²) in [4.78, 5) is 14.5. The number of amides is 1. The Morgan fingerprint density at radius 1 is 1.10 bits per heavy atom. The number of nitrogens with zero attached hydrogens (tertiary/aromatic N) is 3. The second kappa shape index (κ2) is 8.66. The fourth-order valence-electron chi connectivity index (χ4n) is 3.07. The first-order valence-electron chi connectivity index (χ1n) is 9.07. The zero-order valence-corrected chi connectivity index (χ0v) is 16.4. The molecule has 1 N–H and O–H groups in total. The fourth-order valence-corrected chi connectivity index (χ4v) is 3.07. The molecule has 0 aliphatic carbocycles. The van der Waals surface area contributed by atoms with E-state index in [2.05, 4.69) is 10.4 Å². The van der Waals surface area contributed by atoms with Gasteiger partial charge in [0.15, 0.2) is 5.69 Å². The van der Waals surface area contributed by atoms with Crippen LogP contribution in [0.5, 0.6) is 0 Å². The molecular weight excluding hydrogens is 400 g/mol. The van der Waals surface area contributed by atoms with Crippen LogP contribution in [-0.4, -0.2) is 34.7 Å². The molecule has 5 nitrogen and oxygen atoms in total. The molecule has 3 rings (SSSR count). The number of alkyl halides is 3. The van der Waals surface area contributed by atoms with E-state index >= 15 is 0 Å². The van der Waals surface area contributed by atoms with Crippen LogP contribution < -0.4 is 5.32 Å². The zero-order valence-electron chi connectivity index (χ0n) is 16.4. The normalized spacial score (nSPS) is 11.7. The summed E-state index contributed by atoms with van der Waals surface area (Å²) in [5.74, 6) is -1.82. The van der Waals surface area contributed by atoms with Crippen LogP contribution in [0.3, 0.4) is 0 Å². The molecule has 1 aromatic heterocycles. The maximum Gasteiger partial charge on any atom is 0.434 e. The molecule has 3 aromatic rings. The van der Waals surface area contributed by atoms with Crippen molar-refractivity contribution >= 4 is 5.91 Å². The minimum absolute atomic E-state index is 0.0439. The van der Waals surface area contributed by atoms with Crippen LogP contribution in [0.4, 0.5) is 17.6 Å². The van der Waals surface area contributed by atoms with Gasteiger partial charge in [-0.15, -0.1) is 0 Å². The third-order valence-electron chi connectivity index (χ3n) is 4.31. The Morgan fingerprint density at radius 3 is 2.47 bits per heavy atom. The van der Waals surface area contributed by atoms with Gasteiger partial charge in [0.1, 0.15) is 11.5 Å². The third-order valence-corrected chi connectivity index (χ3v) is 4.31. The van der Waals surface area contributed by atoms with Crippen molar-refractivity contribution in [2.24, 2.45) is 0 Å². The largest absolute Gasteiger partial charge is 0.434 e. The van der Waals surface area contributed by atoms with Crippen molar-refractivity contribution in [3.05, 3.63) is 82.9 Å². The number of rotatable bonds is 6. The van der Waals surface area contributed by atoms with Gasteiger partial charge in [0, 0.05) is 13.1 Å². The lowest BCUT2D eigenvalue weighted by Crippen LogP contribution is -2.26. The highest BCUT2D eigenvalue weighted by atomic mass is 19.4. The zero-order chi connectivity index (χ0) is 21.9. The van der Waals surface area contributed by atoms with E-state index < -0.39 is 29.2 Å². The van der Waals surface area contributed by atoms with Crippen LogP contribution in [0.2, 0.25) is 0 Å². The summed E-state index contributed by atoms with van der Waals surface area (Å²) in [6, 6.07) is 12.3. The van der Waals surface area contributed by atoms with E-state index in [1.165, 1.54) is 12.1 Å². The average Bonchev–Trinajstić information content (AvgIpc) is 3.12. The number of carbonyl (C=O) groups excluding carboxylic acids is 1. The van der Waals surface area contributed by atoms with Crippen molar-refractivity contribution in [3.8, 4) is 5.69 Å². The Balaban J connectivity index is 1.86. The monoisotopic (exact) mass is 420 g/mol. The number of nitrogens with one attached hydrogen (secondary N) is 1. The van der Waals surface area contributed by atoms with Gasteiger partial charge in [-0.1, -0.05) is 36.4 Å². The fraction of sp³-hybridized carbons (Fsp3) is 0.238. The Morgan fingerprint density at radius 2 is 1.80 bits per heavy atom. The van der Waals surface area contributed by atoms with Gasteiger partial charge in [-0.3, -0.25) is 4.79 Å². The maximum atomic E-state index is 14.0. The van der Waals surface area contributed by atoms with Gasteiger partial charge >= 0.3 is 6.18 Å². The molecule has 1 heterocycles. The van der Waals surface area contributed by atoms with Crippen LogP contribution in [-0.2, 0) is 19.3 Å². The highest BCUT2D eigenvalue weighted by molar-refractivity contribution is 5.95. The molecule has 0 unspecified atom stereocenters. The summed E-state index contributed by atoms with van der Waals surface area (Å²) in [6.45, 7) is 0.734. The number of benzene rings is 2. The van der Waals surface area contributed by atoms with E-state index in [1.54, 1.807) is 6.07 Å². The molecule has 1 amide bonds. The highest BCUT2D eigenvalue weighted by Gasteiger charge is 2.41. The predicted octanol–water partition coefficient (Wildman–Crippen LogP) is 4.02. The third kappa shape index (κ3) is 4.85. The minimum Gasteiger partial charge on any atom is -0.348 e. The van der Waals surface area contributed by atoms with Crippen molar-refractivity contribution in [2.75, 3.05) is 14.1 Å². The molecule has 0 fully saturated rings. The predicted molar refractivity (Wildman–Crippen MR) is 104 cm³/mol. The van der Waals surface area contributed by atoms with Gasteiger partial charge in [-0.2, -0.15) is 18.3 Å². The maximum absolute atomic E-state index is 14.0. The van der Waals surface area contributed by atoms with Gasteiger partial charge in [0.05, 0.1) is 11.8 Å². The minimum atomic E-state index is -4.91. The average molecular weight is 420 g/mol. The lowest BCUT2D eigenvalue weighted by Gasteiger charge is -2.14. The van der Waals surface area contributed by atoms with E-state index in [4.69, 9.17) is 0 Å². The first kappa shape index (κ1) is 21.5. The topological polar surface area (TPSA) is 50.2 Å². The lowest BCUT2D eigenvalue weighted by molar-refractivity contribution is -0.143. The second-order valence-corrected chi connectivity index (χ2v) is 7.01. The Labute approximate surface area is 170 Å². The SMILES string of the molecule is CN(C)Cc1cccc(CNC(=O)c2cnn(-c3ccccc3F)c2C(F)(F)F)c1. The summed E-state index contributed by atoms with van der Waals surface area (Å²) in [6.07, 6.45) is -4.11. The number of hydrogen-bond donors (Lipinski definition) is 1. The standard InChI is InChI=1S/C21H20F4N4O/c1-28(2)13-15-7-5-6-14(10-15)11-26-20(30)16-12-27-29(19(16)21(23,24)25)18-9-4-3-8-17(18)22/h3-10,12H,11,13H2,1-2H3,(H,26,30). The molecule has 0 aliphatic heterocycles. The second-order valence-electron chi connectivity index (χ2n) is 7.01. The van der Waals surface area contributed by atoms with Gasteiger partial charge in [-0.05, 0) is 37.4 Å². The number of carbonyl (C=O) groups is 1. The molecule has 0 bridgehead atoms. The van der Waals surface area contributed by atoms with Crippen molar-refractivity contribution < 1.29 is 22.4 Å². The summed E-state index contributed by atoms with van der Waals surface area (Å²) in [7, 11) is 3.83. The van der Waals surface area contributed by atoms with E-state index in [-0.39, 0.29) is 12.2 Å². The first-order chi connectivity index (χ1) is 14.2. The van der Waals surface area contributed by atoms with E-state index in [9.17, 15) is 22.4 Å². The Kier molecular flexibility index (Phi) is 6.21. The summed E-state index contributed by atoms with van der Waals surface area (Å²) >= 11 is 0. The van der Waals surface area contributed by atoms with Gasteiger partial charge in [0.2, 0.25) is 0 Å². The van der Waals surface area contributed by atoms with E-state index in [0.717, 1.165) is 29.5 Å². The van der Waals surface area contributed by atoms with Gasteiger partial charge in [0.25, 0.3) is 5.91 Å².